The smallest absolute Gasteiger partial charge is 0.221 e. The largest absolute Gasteiger partial charge is 0.393 e. The highest BCUT2D eigenvalue weighted by Gasteiger charge is 2.36. The van der Waals surface area contributed by atoms with E-state index in [-0.39, 0.29) is 24.0 Å². The van der Waals surface area contributed by atoms with Crippen molar-refractivity contribution < 1.29 is 14.7 Å². The average Bonchev–Trinajstić information content (AvgIpc) is 2.95. The summed E-state index contributed by atoms with van der Waals surface area (Å²) in [6.07, 6.45) is 7.59. The van der Waals surface area contributed by atoms with Crippen LogP contribution in [0.4, 0.5) is 0 Å². The van der Waals surface area contributed by atoms with Gasteiger partial charge in [0.1, 0.15) is 0 Å². The van der Waals surface area contributed by atoms with Crippen LogP contribution >= 0.6 is 0 Å². The van der Waals surface area contributed by atoms with Gasteiger partial charge in [0, 0.05) is 38.3 Å². The van der Waals surface area contributed by atoms with E-state index in [0.29, 0.717) is 13.0 Å². The summed E-state index contributed by atoms with van der Waals surface area (Å²) in [6, 6.07) is -0.0677. The van der Waals surface area contributed by atoms with Crippen molar-refractivity contribution in [3.8, 4) is 0 Å². The summed E-state index contributed by atoms with van der Waals surface area (Å²) in [7, 11) is 1.87. The minimum Gasteiger partial charge on any atom is -0.393 e. The summed E-state index contributed by atoms with van der Waals surface area (Å²) in [5.41, 5.74) is 1.01. The zero-order chi connectivity index (χ0) is 16.2. The number of aromatic nitrogens is 2. The number of hydrogen-bond donors (Lipinski definition) is 2. The first-order valence-corrected chi connectivity index (χ1v) is 8.45. The van der Waals surface area contributed by atoms with E-state index in [1.807, 2.05) is 18.3 Å². The Morgan fingerprint density at radius 3 is 2.96 bits per heavy atom. The molecule has 1 aliphatic heterocycles. The summed E-state index contributed by atoms with van der Waals surface area (Å²) in [6.45, 7) is 2.27. The van der Waals surface area contributed by atoms with Gasteiger partial charge in [-0.15, -0.1) is 0 Å². The Morgan fingerprint density at radius 1 is 1.52 bits per heavy atom. The third kappa shape index (κ3) is 4.31. The molecule has 0 unspecified atom stereocenters. The number of rotatable bonds is 6. The van der Waals surface area contributed by atoms with Gasteiger partial charge >= 0.3 is 0 Å². The van der Waals surface area contributed by atoms with Crippen LogP contribution in [0.25, 0.3) is 0 Å². The first kappa shape index (κ1) is 16.4. The Balaban J connectivity index is 1.53. The van der Waals surface area contributed by atoms with Crippen molar-refractivity contribution in [2.75, 3.05) is 19.7 Å². The molecule has 0 spiro atoms. The lowest BCUT2D eigenvalue weighted by molar-refractivity contribution is -0.181. The third-order valence-electron chi connectivity index (χ3n) is 4.69. The van der Waals surface area contributed by atoms with Gasteiger partial charge in [-0.25, -0.2) is 0 Å². The van der Waals surface area contributed by atoms with Crippen molar-refractivity contribution in [3.05, 3.63) is 18.0 Å². The Hall–Kier alpha value is -1.44. The molecule has 1 amide bonds. The second-order valence-electron chi connectivity index (χ2n) is 6.60. The number of carbonyl (C=O) groups is 1. The van der Waals surface area contributed by atoms with Gasteiger partial charge < -0.3 is 10.4 Å². The van der Waals surface area contributed by atoms with Gasteiger partial charge in [0.05, 0.1) is 24.9 Å². The zero-order valence-electron chi connectivity index (χ0n) is 13.6. The number of nitrogens with zero attached hydrogens (tertiary/aromatic N) is 3. The topological polar surface area (TPSA) is 79.6 Å². The van der Waals surface area contributed by atoms with Crippen molar-refractivity contribution >= 4 is 5.91 Å². The lowest BCUT2D eigenvalue weighted by atomic mass is 9.75. The molecule has 1 aliphatic carbocycles. The number of carbonyl (C=O) groups excluding carboxylic acids is 1. The molecule has 3 rings (SSSR count). The molecule has 0 aromatic carbocycles. The Bertz CT molecular complexity index is 521. The Kier molecular flexibility index (Phi) is 5.30. The van der Waals surface area contributed by atoms with Crippen molar-refractivity contribution in [2.24, 2.45) is 13.0 Å². The molecule has 1 aromatic rings. The minimum absolute atomic E-state index is 0.0226. The Morgan fingerprint density at radius 2 is 2.35 bits per heavy atom. The van der Waals surface area contributed by atoms with Gasteiger partial charge in [0.15, 0.2) is 0 Å². The fourth-order valence-electron chi connectivity index (χ4n) is 3.27. The summed E-state index contributed by atoms with van der Waals surface area (Å²) in [4.78, 5) is 17.8. The number of hydrogen-bond acceptors (Lipinski definition) is 5. The van der Waals surface area contributed by atoms with E-state index >= 15 is 0 Å². The summed E-state index contributed by atoms with van der Waals surface area (Å²) < 4.78 is 1.74. The standard InChI is InChI=1S/C16H26N4O3/c1-19-11-13(10-17-19)16(12-8-14(21)9-12)18-15(22)4-6-20-5-2-3-7-23-20/h10-12,14,16,21H,2-9H2,1H3,(H,18,22)/t12?,14?,16-/m1/s1. The first-order chi connectivity index (χ1) is 11.1. The van der Waals surface area contributed by atoms with E-state index in [0.717, 1.165) is 44.4 Å². The van der Waals surface area contributed by atoms with E-state index < -0.39 is 0 Å². The Labute approximate surface area is 136 Å². The normalized spacial score (nSPS) is 26.5. The van der Waals surface area contributed by atoms with Crippen molar-refractivity contribution in [1.82, 2.24) is 20.2 Å². The maximum atomic E-state index is 12.3. The molecule has 2 aliphatic rings. The second kappa shape index (κ2) is 7.42. The van der Waals surface area contributed by atoms with Crippen LogP contribution in [-0.2, 0) is 16.7 Å². The average molecular weight is 322 g/mol. The molecule has 2 fully saturated rings. The maximum Gasteiger partial charge on any atom is 0.221 e. The number of amides is 1. The molecule has 2 N–H and O–H groups in total. The highest BCUT2D eigenvalue weighted by atomic mass is 16.7. The van der Waals surface area contributed by atoms with Gasteiger partial charge in [-0.1, -0.05) is 0 Å². The number of nitrogens with one attached hydrogen (secondary N) is 1. The molecule has 2 heterocycles. The molecule has 1 saturated heterocycles. The second-order valence-corrected chi connectivity index (χ2v) is 6.60. The predicted octanol–water partition coefficient (Wildman–Crippen LogP) is 0.766. The molecule has 1 aromatic heterocycles. The molecule has 0 bridgehead atoms. The number of aryl methyl sites for hydroxylation is 1. The van der Waals surface area contributed by atoms with Gasteiger partial charge in [0.2, 0.25) is 5.91 Å². The van der Waals surface area contributed by atoms with Gasteiger partial charge in [0.25, 0.3) is 0 Å². The van der Waals surface area contributed by atoms with Crippen LogP contribution in [-0.4, -0.2) is 51.7 Å². The van der Waals surface area contributed by atoms with Crippen LogP contribution in [0.3, 0.4) is 0 Å². The van der Waals surface area contributed by atoms with E-state index in [1.165, 1.54) is 0 Å². The zero-order valence-corrected chi connectivity index (χ0v) is 13.6. The predicted molar refractivity (Wildman–Crippen MR) is 84.2 cm³/mol. The van der Waals surface area contributed by atoms with Gasteiger partial charge in [-0.05, 0) is 31.6 Å². The molecule has 23 heavy (non-hydrogen) atoms. The fraction of sp³-hybridized carbons (Fsp3) is 0.750. The van der Waals surface area contributed by atoms with Crippen LogP contribution in [0.2, 0.25) is 0 Å². The highest BCUT2D eigenvalue weighted by molar-refractivity contribution is 5.76. The van der Waals surface area contributed by atoms with E-state index in [9.17, 15) is 9.90 Å². The van der Waals surface area contributed by atoms with Crippen molar-refractivity contribution in [2.45, 2.75) is 44.2 Å². The van der Waals surface area contributed by atoms with Crippen molar-refractivity contribution in [3.63, 3.8) is 0 Å². The van der Waals surface area contributed by atoms with E-state index in [1.54, 1.807) is 10.9 Å². The highest BCUT2D eigenvalue weighted by Crippen LogP contribution is 2.37. The molecule has 1 atom stereocenters. The van der Waals surface area contributed by atoms with Crippen LogP contribution in [0.15, 0.2) is 12.4 Å². The number of hydroxylamine groups is 2. The summed E-state index contributed by atoms with van der Waals surface area (Å²) in [5.74, 6) is 0.304. The maximum absolute atomic E-state index is 12.3. The SMILES string of the molecule is Cn1cc([C@H](NC(=O)CCN2CCCCO2)C2CC(O)C2)cn1. The number of aliphatic hydroxyl groups excluding tert-OH is 1. The number of aliphatic hydroxyl groups is 1. The molecule has 0 radical (unpaired) electrons. The van der Waals surface area contributed by atoms with Gasteiger partial charge in [-0.3, -0.25) is 14.3 Å². The lowest BCUT2D eigenvalue weighted by Gasteiger charge is -2.37. The van der Waals surface area contributed by atoms with Crippen molar-refractivity contribution in [1.29, 1.82) is 0 Å². The van der Waals surface area contributed by atoms with E-state index in [4.69, 9.17) is 4.84 Å². The molecule has 1 saturated carbocycles. The van der Waals surface area contributed by atoms with Crippen LogP contribution < -0.4 is 5.32 Å². The van der Waals surface area contributed by atoms with Crippen LogP contribution in [0.5, 0.6) is 0 Å². The molecular weight excluding hydrogens is 296 g/mol. The molecular formula is C16H26N4O3. The minimum atomic E-state index is -0.238. The molecule has 128 valence electrons. The fourth-order valence-corrected chi connectivity index (χ4v) is 3.27. The van der Waals surface area contributed by atoms with Crippen LogP contribution in [0, 0.1) is 5.92 Å². The molecule has 7 nitrogen and oxygen atoms in total. The van der Waals surface area contributed by atoms with Gasteiger partial charge in [-0.2, -0.15) is 10.2 Å². The monoisotopic (exact) mass is 322 g/mol. The quantitative estimate of drug-likeness (QED) is 0.808. The summed E-state index contributed by atoms with van der Waals surface area (Å²) in [5, 5.41) is 18.8. The van der Waals surface area contributed by atoms with Crippen LogP contribution in [0.1, 0.15) is 43.7 Å². The summed E-state index contributed by atoms with van der Waals surface area (Å²) >= 11 is 0. The first-order valence-electron chi connectivity index (χ1n) is 8.45. The third-order valence-corrected chi connectivity index (χ3v) is 4.69. The lowest BCUT2D eigenvalue weighted by Crippen LogP contribution is -2.42. The molecule has 7 heteroatoms. The van der Waals surface area contributed by atoms with E-state index in [2.05, 4.69) is 10.4 Å².